The fraction of sp³-hybridized carbons (Fsp3) is 0.600. The first-order valence-corrected chi connectivity index (χ1v) is 9.12. The third-order valence-corrected chi connectivity index (χ3v) is 5.68. The quantitative estimate of drug-likeness (QED) is 0.656. The van der Waals surface area contributed by atoms with Gasteiger partial charge in [-0.2, -0.15) is 0 Å². The molecule has 3 rings (SSSR count). The molecule has 1 aromatic rings. The smallest absolute Gasteiger partial charge is 0.325 e. The van der Waals surface area contributed by atoms with Gasteiger partial charge in [-0.1, -0.05) is 24.3 Å². The lowest BCUT2D eigenvalue weighted by atomic mass is 9.80. The molecule has 2 saturated heterocycles. The van der Waals surface area contributed by atoms with E-state index in [0.717, 1.165) is 18.4 Å². The van der Waals surface area contributed by atoms with Gasteiger partial charge in [0.2, 0.25) is 0 Å². The Balaban J connectivity index is 1.92. The lowest BCUT2D eigenvalue weighted by Crippen LogP contribution is -2.39. The molecule has 2 fully saturated rings. The largest absolute Gasteiger partial charge is 0.480 e. The summed E-state index contributed by atoms with van der Waals surface area (Å²) in [6.45, 7) is 3.47. The molecule has 136 valence electrons. The second kappa shape index (κ2) is 7.16. The Morgan fingerprint density at radius 1 is 1.16 bits per heavy atom. The number of ether oxygens (including phenoxy) is 1. The average molecular weight is 345 g/mol. The van der Waals surface area contributed by atoms with Crippen LogP contribution in [0.25, 0.3) is 0 Å². The molecule has 0 radical (unpaired) electrons. The SMILES string of the molecule is CC(C)OC(=O)C(C(=O)O)c1ccccc1C1CC2CCC(C1)N2C. The van der Waals surface area contributed by atoms with Crippen molar-refractivity contribution < 1.29 is 19.4 Å². The van der Waals surface area contributed by atoms with Crippen LogP contribution in [-0.2, 0) is 14.3 Å². The van der Waals surface area contributed by atoms with Crippen LogP contribution in [0.2, 0.25) is 0 Å². The van der Waals surface area contributed by atoms with Crippen LogP contribution >= 0.6 is 0 Å². The molecule has 3 atom stereocenters. The number of piperidine rings is 1. The third kappa shape index (κ3) is 3.56. The minimum atomic E-state index is -1.25. The number of nitrogens with zero attached hydrogens (tertiary/aromatic N) is 1. The molecule has 5 nitrogen and oxygen atoms in total. The van der Waals surface area contributed by atoms with Gasteiger partial charge in [0, 0.05) is 12.1 Å². The van der Waals surface area contributed by atoms with E-state index in [0.29, 0.717) is 23.6 Å². The highest BCUT2D eigenvalue weighted by molar-refractivity contribution is 6.00. The van der Waals surface area contributed by atoms with Crippen LogP contribution in [0, 0.1) is 0 Å². The zero-order chi connectivity index (χ0) is 18.1. The van der Waals surface area contributed by atoms with E-state index in [1.54, 1.807) is 26.0 Å². The van der Waals surface area contributed by atoms with Crippen molar-refractivity contribution in [1.82, 2.24) is 4.90 Å². The van der Waals surface area contributed by atoms with Crippen molar-refractivity contribution in [2.24, 2.45) is 0 Å². The summed E-state index contributed by atoms with van der Waals surface area (Å²) in [5.74, 6) is -2.77. The van der Waals surface area contributed by atoms with E-state index in [4.69, 9.17) is 4.74 Å². The second-order valence-corrected chi connectivity index (χ2v) is 7.60. The topological polar surface area (TPSA) is 66.8 Å². The first kappa shape index (κ1) is 17.9. The summed E-state index contributed by atoms with van der Waals surface area (Å²) in [5.41, 5.74) is 1.59. The molecule has 0 saturated carbocycles. The Labute approximate surface area is 149 Å². The minimum Gasteiger partial charge on any atom is -0.480 e. The maximum absolute atomic E-state index is 12.4. The summed E-state index contributed by atoms with van der Waals surface area (Å²) < 4.78 is 5.21. The highest BCUT2D eigenvalue weighted by Gasteiger charge is 2.41. The van der Waals surface area contributed by atoms with Crippen LogP contribution < -0.4 is 0 Å². The number of fused-ring (bicyclic) bond motifs is 2. The van der Waals surface area contributed by atoms with Gasteiger partial charge in [-0.15, -0.1) is 0 Å². The zero-order valence-corrected chi connectivity index (χ0v) is 15.1. The van der Waals surface area contributed by atoms with Crippen molar-refractivity contribution in [1.29, 1.82) is 0 Å². The molecular formula is C20H27NO4. The summed E-state index contributed by atoms with van der Waals surface area (Å²) >= 11 is 0. The molecular weight excluding hydrogens is 318 g/mol. The minimum absolute atomic E-state index is 0.304. The lowest BCUT2D eigenvalue weighted by Gasteiger charge is -2.37. The van der Waals surface area contributed by atoms with Crippen LogP contribution in [0.4, 0.5) is 0 Å². The maximum atomic E-state index is 12.4. The zero-order valence-electron chi connectivity index (χ0n) is 15.1. The maximum Gasteiger partial charge on any atom is 0.325 e. The number of carbonyl (C=O) groups is 2. The Morgan fingerprint density at radius 2 is 1.76 bits per heavy atom. The predicted octanol–water partition coefficient (Wildman–Crippen LogP) is 3.15. The molecule has 1 aromatic carbocycles. The van der Waals surface area contributed by atoms with E-state index in [9.17, 15) is 14.7 Å². The van der Waals surface area contributed by atoms with Crippen LogP contribution in [-0.4, -0.2) is 47.2 Å². The number of carbonyl (C=O) groups excluding carboxylic acids is 1. The standard InChI is InChI=1S/C20H27NO4/c1-12(2)25-20(24)18(19(22)23)17-7-5-4-6-16(17)13-10-14-8-9-15(11-13)21(14)3/h4-7,12-15,18H,8-11H2,1-3H3,(H,22,23). The summed E-state index contributed by atoms with van der Waals surface area (Å²) in [6.07, 6.45) is 4.13. The number of carboxylic acids is 1. The van der Waals surface area contributed by atoms with Gasteiger partial charge in [0.25, 0.3) is 0 Å². The number of hydrogen-bond donors (Lipinski definition) is 1. The lowest BCUT2D eigenvalue weighted by molar-refractivity contribution is -0.156. The van der Waals surface area contributed by atoms with E-state index < -0.39 is 17.9 Å². The van der Waals surface area contributed by atoms with Crippen molar-refractivity contribution in [2.75, 3.05) is 7.05 Å². The van der Waals surface area contributed by atoms with Gasteiger partial charge >= 0.3 is 11.9 Å². The normalized spacial score (nSPS) is 27.3. The first-order valence-electron chi connectivity index (χ1n) is 9.12. The second-order valence-electron chi connectivity index (χ2n) is 7.60. The number of benzene rings is 1. The van der Waals surface area contributed by atoms with Gasteiger partial charge in [-0.25, -0.2) is 0 Å². The van der Waals surface area contributed by atoms with E-state index in [1.807, 2.05) is 12.1 Å². The van der Waals surface area contributed by atoms with Gasteiger partial charge in [0.15, 0.2) is 5.92 Å². The van der Waals surface area contributed by atoms with E-state index in [-0.39, 0.29) is 6.10 Å². The van der Waals surface area contributed by atoms with Crippen LogP contribution in [0.15, 0.2) is 24.3 Å². The molecule has 25 heavy (non-hydrogen) atoms. The van der Waals surface area contributed by atoms with Gasteiger partial charge < -0.3 is 14.7 Å². The van der Waals surface area contributed by atoms with Crippen molar-refractivity contribution in [3.8, 4) is 0 Å². The van der Waals surface area contributed by atoms with Gasteiger partial charge in [0.1, 0.15) is 0 Å². The number of hydrogen-bond acceptors (Lipinski definition) is 4. The molecule has 2 heterocycles. The monoisotopic (exact) mass is 345 g/mol. The van der Waals surface area contributed by atoms with Crippen LogP contribution in [0.3, 0.4) is 0 Å². The van der Waals surface area contributed by atoms with E-state index in [2.05, 4.69) is 11.9 Å². The fourth-order valence-electron chi connectivity index (χ4n) is 4.47. The van der Waals surface area contributed by atoms with Crippen LogP contribution in [0.1, 0.15) is 62.5 Å². The molecule has 3 unspecified atom stereocenters. The van der Waals surface area contributed by atoms with Gasteiger partial charge in [-0.05, 0) is 63.6 Å². The Kier molecular flexibility index (Phi) is 5.13. The highest BCUT2D eigenvalue weighted by Crippen LogP contribution is 2.44. The molecule has 0 spiro atoms. The Morgan fingerprint density at radius 3 is 2.32 bits per heavy atom. The Bertz CT molecular complexity index is 643. The first-order chi connectivity index (χ1) is 11.9. The van der Waals surface area contributed by atoms with E-state index in [1.165, 1.54) is 12.8 Å². The summed E-state index contributed by atoms with van der Waals surface area (Å²) in [5, 5.41) is 9.68. The average Bonchev–Trinajstić information content (AvgIpc) is 2.76. The van der Waals surface area contributed by atoms with Gasteiger partial charge in [0.05, 0.1) is 6.10 Å². The van der Waals surface area contributed by atoms with Crippen molar-refractivity contribution in [3.05, 3.63) is 35.4 Å². The summed E-state index contributed by atoms with van der Waals surface area (Å²) in [4.78, 5) is 26.7. The number of rotatable bonds is 5. The molecule has 0 aliphatic carbocycles. The molecule has 0 aromatic heterocycles. The fourth-order valence-corrected chi connectivity index (χ4v) is 4.47. The summed E-state index contributed by atoms with van der Waals surface area (Å²) in [6, 6.07) is 8.62. The number of esters is 1. The molecule has 5 heteroatoms. The van der Waals surface area contributed by atoms with E-state index >= 15 is 0 Å². The highest BCUT2D eigenvalue weighted by atomic mass is 16.5. The van der Waals surface area contributed by atoms with Gasteiger partial charge in [-0.3, -0.25) is 9.59 Å². The molecule has 2 aliphatic rings. The number of carboxylic acid groups (broad SMARTS) is 1. The molecule has 1 N–H and O–H groups in total. The van der Waals surface area contributed by atoms with Crippen LogP contribution in [0.5, 0.6) is 0 Å². The molecule has 2 bridgehead atoms. The molecule has 0 amide bonds. The van der Waals surface area contributed by atoms with Crippen molar-refractivity contribution >= 4 is 11.9 Å². The molecule has 2 aliphatic heterocycles. The summed E-state index contributed by atoms with van der Waals surface area (Å²) in [7, 11) is 2.19. The third-order valence-electron chi connectivity index (χ3n) is 5.68. The predicted molar refractivity (Wildman–Crippen MR) is 94.6 cm³/mol. The van der Waals surface area contributed by atoms with Crippen molar-refractivity contribution in [3.63, 3.8) is 0 Å². The number of aliphatic carboxylic acids is 1. The van der Waals surface area contributed by atoms with Crippen molar-refractivity contribution in [2.45, 2.75) is 69.6 Å². The Hall–Kier alpha value is -1.88.